The van der Waals surface area contributed by atoms with E-state index in [4.69, 9.17) is 13.0 Å². The smallest absolute Gasteiger partial charge is 0.280 e. The summed E-state index contributed by atoms with van der Waals surface area (Å²) in [6.07, 6.45) is 1.43. The number of nitrogens with one attached hydrogen (secondary N) is 1. The number of aryl methyl sites for hydroxylation is 1. The Morgan fingerprint density at radius 2 is 2.03 bits per heavy atom. The number of anilines is 3. The maximum atomic E-state index is 13.7. The van der Waals surface area contributed by atoms with Crippen LogP contribution in [0, 0.1) is 6.92 Å². The number of halogens is 1. The second kappa shape index (κ2) is 6.90. The van der Waals surface area contributed by atoms with E-state index >= 15 is 0 Å². The summed E-state index contributed by atoms with van der Waals surface area (Å²) in [5, 5.41) is 4.62. The Balaban J connectivity index is 1.82. The van der Waals surface area contributed by atoms with E-state index in [2.05, 4.69) is 15.3 Å². The number of nitrogens with zero attached hydrogens (tertiary/aromatic N) is 4. The molecule has 29 heavy (non-hydrogen) atoms. The molecule has 0 saturated heterocycles. The molecule has 6 nitrogen and oxygen atoms in total. The first-order valence-electron chi connectivity index (χ1n) is 9.79. The SMILES string of the molecule is [2H]c1ncc2cc(N3CCNc4c(C)cccc43)c(=O)n(-c3cccc(Cl)c3)c2n1. The van der Waals surface area contributed by atoms with Gasteiger partial charge in [0.15, 0.2) is 5.65 Å². The van der Waals surface area contributed by atoms with Crippen molar-refractivity contribution in [3.8, 4) is 5.69 Å². The minimum absolute atomic E-state index is 0.145. The lowest BCUT2D eigenvalue weighted by molar-refractivity contribution is 0.900. The van der Waals surface area contributed by atoms with Gasteiger partial charge in [0, 0.05) is 29.7 Å². The molecule has 2 aromatic heterocycles. The van der Waals surface area contributed by atoms with Crippen molar-refractivity contribution in [2.24, 2.45) is 0 Å². The van der Waals surface area contributed by atoms with E-state index in [-0.39, 0.29) is 11.9 Å². The quantitative estimate of drug-likeness (QED) is 0.539. The molecule has 7 heteroatoms. The van der Waals surface area contributed by atoms with E-state index in [0.717, 1.165) is 16.9 Å². The fraction of sp³-hybridized carbons (Fsp3) is 0.136. The standard InChI is InChI=1S/C22H18ClN5O/c1-14-4-2-7-18-20(14)25-8-9-27(18)19-10-15-12-24-13-26-21(15)28(22(19)29)17-6-3-5-16(23)11-17/h2-7,10-13,25H,8-9H2,1H3/i13D. The van der Waals surface area contributed by atoms with Gasteiger partial charge in [-0.2, -0.15) is 0 Å². The number of para-hydroxylation sites is 1. The number of pyridine rings is 1. The number of fused-ring (bicyclic) bond motifs is 2. The fourth-order valence-corrected chi connectivity index (χ4v) is 4.00. The lowest BCUT2D eigenvalue weighted by Crippen LogP contribution is -2.35. The van der Waals surface area contributed by atoms with Crippen molar-refractivity contribution < 1.29 is 1.37 Å². The van der Waals surface area contributed by atoms with Crippen LogP contribution in [0.4, 0.5) is 17.1 Å². The zero-order chi connectivity index (χ0) is 20.8. The Morgan fingerprint density at radius 1 is 1.17 bits per heavy atom. The number of hydrogen-bond donors (Lipinski definition) is 1. The maximum absolute atomic E-state index is 13.7. The van der Waals surface area contributed by atoms with E-state index in [1.165, 1.54) is 4.57 Å². The van der Waals surface area contributed by atoms with Gasteiger partial charge in [0.2, 0.25) is 0 Å². The second-order valence-corrected chi connectivity index (χ2v) is 7.38. The van der Waals surface area contributed by atoms with Crippen molar-refractivity contribution in [1.29, 1.82) is 0 Å². The largest absolute Gasteiger partial charge is 0.381 e. The molecule has 1 aliphatic rings. The van der Waals surface area contributed by atoms with E-state index in [9.17, 15) is 4.79 Å². The third-order valence-electron chi connectivity index (χ3n) is 5.14. The van der Waals surface area contributed by atoms with Crippen molar-refractivity contribution in [1.82, 2.24) is 14.5 Å². The summed E-state index contributed by atoms with van der Waals surface area (Å²) in [7, 11) is 0. The van der Waals surface area contributed by atoms with Crippen molar-refractivity contribution in [2.75, 3.05) is 23.3 Å². The van der Waals surface area contributed by atoms with Crippen molar-refractivity contribution in [3.63, 3.8) is 0 Å². The third kappa shape index (κ3) is 2.93. The first-order chi connectivity index (χ1) is 14.5. The molecule has 144 valence electrons. The summed E-state index contributed by atoms with van der Waals surface area (Å²) >= 11 is 6.20. The molecule has 0 saturated carbocycles. The number of hydrogen-bond acceptors (Lipinski definition) is 5. The van der Waals surface area contributed by atoms with Crippen molar-refractivity contribution in [2.45, 2.75) is 6.92 Å². The van der Waals surface area contributed by atoms with Gasteiger partial charge in [0.1, 0.15) is 13.4 Å². The highest BCUT2D eigenvalue weighted by Gasteiger charge is 2.23. The van der Waals surface area contributed by atoms with Gasteiger partial charge >= 0.3 is 0 Å². The van der Waals surface area contributed by atoms with Crippen LogP contribution in [-0.2, 0) is 0 Å². The summed E-state index contributed by atoms with van der Waals surface area (Å²) < 4.78 is 9.34. The first-order valence-corrected chi connectivity index (χ1v) is 9.67. The monoisotopic (exact) mass is 404 g/mol. The van der Waals surface area contributed by atoms with Crippen LogP contribution >= 0.6 is 11.6 Å². The van der Waals surface area contributed by atoms with Crippen LogP contribution in [0.3, 0.4) is 0 Å². The molecule has 3 heterocycles. The lowest BCUT2D eigenvalue weighted by Gasteiger charge is -2.33. The topological polar surface area (TPSA) is 63.1 Å². The first kappa shape index (κ1) is 16.6. The molecule has 0 unspecified atom stereocenters. The van der Waals surface area contributed by atoms with Gasteiger partial charge < -0.3 is 10.2 Å². The van der Waals surface area contributed by atoms with Crippen LogP contribution < -0.4 is 15.8 Å². The molecule has 0 bridgehead atoms. The summed E-state index contributed by atoms with van der Waals surface area (Å²) in [6.45, 7) is 3.41. The lowest BCUT2D eigenvalue weighted by atomic mass is 10.1. The molecule has 1 aliphatic heterocycles. The number of rotatable bonds is 2. The third-order valence-corrected chi connectivity index (χ3v) is 5.37. The fourth-order valence-electron chi connectivity index (χ4n) is 3.82. The summed E-state index contributed by atoms with van der Waals surface area (Å²) in [4.78, 5) is 24.0. The van der Waals surface area contributed by atoms with Gasteiger partial charge in [-0.15, -0.1) is 0 Å². The Bertz CT molecular complexity index is 1350. The van der Waals surface area contributed by atoms with Gasteiger partial charge in [-0.25, -0.2) is 9.97 Å². The number of aromatic nitrogens is 3. The molecule has 0 aliphatic carbocycles. The second-order valence-electron chi connectivity index (χ2n) is 6.95. The van der Waals surface area contributed by atoms with Gasteiger partial charge in [0.25, 0.3) is 5.56 Å². The van der Waals surface area contributed by atoms with Crippen LogP contribution in [0.15, 0.2) is 65.8 Å². The van der Waals surface area contributed by atoms with E-state index < -0.39 is 0 Å². The maximum Gasteiger partial charge on any atom is 0.280 e. The Labute approximate surface area is 173 Å². The van der Waals surface area contributed by atoms with Crippen LogP contribution in [-0.4, -0.2) is 27.6 Å². The molecule has 2 aromatic carbocycles. The Morgan fingerprint density at radius 3 is 2.90 bits per heavy atom. The molecular weight excluding hydrogens is 386 g/mol. The number of benzene rings is 2. The highest BCUT2D eigenvalue weighted by molar-refractivity contribution is 6.30. The summed E-state index contributed by atoms with van der Waals surface area (Å²) in [5.41, 5.74) is 4.37. The highest BCUT2D eigenvalue weighted by Crippen LogP contribution is 2.36. The summed E-state index contributed by atoms with van der Waals surface area (Å²) in [6, 6.07) is 14.9. The molecule has 0 atom stereocenters. The van der Waals surface area contributed by atoms with Gasteiger partial charge in [-0.3, -0.25) is 9.36 Å². The summed E-state index contributed by atoms with van der Waals surface area (Å²) in [5.74, 6) is 0. The minimum Gasteiger partial charge on any atom is -0.381 e. The molecule has 0 fully saturated rings. The predicted molar refractivity (Wildman–Crippen MR) is 117 cm³/mol. The van der Waals surface area contributed by atoms with E-state index in [1.54, 1.807) is 36.5 Å². The normalized spacial score (nSPS) is 13.7. The molecular formula is C22H18ClN5O. The van der Waals surface area contributed by atoms with Crippen LogP contribution in [0.5, 0.6) is 0 Å². The molecule has 5 rings (SSSR count). The van der Waals surface area contributed by atoms with Crippen LogP contribution in [0.2, 0.25) is 5.02 Å². The average molecular weight is 405 g/mol. The predicted octanol–water partition coefficient (Wildman–Crippen LogP) is 4.31. The van der Waals surface area contributed by atoms with Crippen LogP contribution in [0.25, 0.3) is 16.7 Å². The molecule has 1 N–H and O–H groups in total. The Hall–Kier alpha value is -3.38. The highest BCUT2D eigenvalue weighted by atomic mass is 35.5. The molecule has 0 spiro atoms. The van der Waals surface area contributed by atoms with Crippen molar-refractivity contribution in [3.05, 3.63) is 82.0 Å². The van der Waals surface area contributed by atoms with E-state index in [1.807, 2.05) is 30.0 Å². The van der Waals surface area contributed by atoms with Crippen molar-refractivity contribution >= 4 is 39.7 Å². The van der Waals surface area contributed by atoms with Gasteiger partial charge in [0.05, 0.1) is 17.1 Å². The van der Waals surface area contributed by atoms with Crippen LogP contribution in [0.1, 0.15) is 6.93 Å². The average Bonchev–Trinajstić information content (AvgIpc) is 2.73. The molecule has 0 amide bonds. The van der Waals surface area contributed by atoms with Gasteiger partial charge in [-0.05, 0) is 42.8 Å². The van der Waals surface area contributed by atoms with E-state index in [0.29, 0.717) is 40.5 Å². The Kier molecular flexibility index (Phi) is 3.94. The molecule has 4 aromatic rings. The molecule has 0 radical (unpaired) electrons. The zero-order valence-electron chi connectivity index (χ0n) is 16.7. The zero-order valence-corrected chi connectivity index (χ0v) is 16.4. The van der Waals surface area contributed by atoms with Gasteiger partial charge in [-0.1, -0.05) is 29.8 Å². The minimum atomic E-state index is -0.225.